The van der Waals surface area contributed by atoms with Crippen molar-refractivity contribution in [2.45, 2.75) is 32.2 Å². The summed E-state index contributed by atoms with van der Waals surface area (Å²) in [5.41, 5.74) is 5.81. The highest BCUT2D eigenvalue weighted by atomic mass is 16.4. The summed E-state index contributed by atoms with van der Waals surface area (Å²) in [6, 6.07) is 2.87. The number of furan rings is 1. The van der Waals surface area contributed by atoms with Gasteiger partial charge in [0, 0.05) is 0 Å². The van der Waals surface area contributed by atoms with Gasteiger partial charge >= 0.3 is 5.97 Å². The van der Waals surface area contributed by atoms with Crippen LogP contribution in [0.15, 0.2) is 16.5 Å². The van der Waals surface area contributed by atoms with Crippen molar-refractivity contribution in [2.75, 3.05) is 0 Å². The summed E-state index contributed by atoms with van der Waals surface area (Å²) >= 11 is 0. The molecule has 0 aliphatic carbocycles. The number of hydrogen-bond donors (Lipinski definition) is 2. The molecule has 1 aromatic heterocycles. The number of carbonyl (C=O) groups is 1. The fourth-order valence-corrected chi connectivity index (χ4v) is 1.23. The molecule has 1 aromatic rings. The predicted octanol–water partition coefficient (Wildman–Crippen LogP) is 2.17. The van der Waals surface area contributed by atoms with Crippen LogP contribution in [0.5, 0.6) is 0 Å². The average Bonchev–Trinajstić information content (AvgIpc) is 2.62. The van der Waals surface area contributed by atoms with Crippen molar-refractivity contribution in [2.24, 2.45) is 5.73 Å². The maximum absolute atomic E-state index is 10.5. The van der Waals surface area contributed by atoms with Crippen LogP contribution in [0.1, 0.15) is 48.5 Å². The molecule has 0 unspecified atom stereocenters. The van der Waals surface area contributed by atoms with Crippen LogP contribution in [0, 0.1) is 0 Å². The summed E-state index contributed by atoms with van der Waals surface area (Å²) in [7, 11) is 0. The summed E-state index contributed by atoms with van der Waals surface area (Å²) in [6.07, 6.45) is 2.91. The second-order valence-corrected chi connectivity index (χ2v) is 3.26. The lowest BCUT2D eigenvalue weighted by molar-refractivity contribution is 0.0659. The molecule has 0 saturated heterocycles. The fourth-order valence-electron chi connectivity index (χ4n) is 1.23. The first-order valence-electron chi connectivity index (χ1n) is 4.73. The van der Waals surface area contributed by atoms with Crippen molar-refractivity contribution in [3.8, 4) is 0 Å². The molecule has 1 atom stereocenters. The minimum absolute atomic E-state index is 0.0491. The molecule has 0 saturated carbocycles. The van der Waals surface area contributed by atoms with Gasteiger partial charge in [-0.15, -0.1) is 0 Å². The third-order valence-electron chi connectivity index (χ3n) is 2.07. The van der Waals surface area contributed by atoms with E-state index in [0.29, 0.717) is 5.76 Å². The molecule has 0 aliphatic rings. The van der Waals surface area contributed by atoms with Crippen molar-refractivity contribution < 1.29 is 14.3 Å². The van der Waals surface area contributed by atoms with Crippen LogP contribution in [0.2, 0.25) is 0 Å². The largest absolute Gasteiger partial charge is 0.475 e. The Morgan fingerprint density at radius 2 is 2.36 bits per heavy atom. The van der Waals surface area contributed by atoms with Gasteiger partial charge in [0.25, 0.3) is 0 Å². The first kappa shape index (κ1) is 10.8. The van der Waals surface area contributed by atoms with Gasteiger partial charge in [0.2, 0.25) is 5.76 Å². The van der Waals surface area contributed by atoms with E-state index < -0.39 is 5.97 Å². The van der Waals surface area contributed by atoms with Crippen molar-refractivity contribution in [1.29, 1.82) is 0 Å². The van der Waals surface area contributed by atoms with Crippen LogP contribution in [0.3, 0.4) is 0 Å². The highest BCUT2D eigenvalue weighted by Gasteiger charge is 2.13. The molecule has 0 aliphatic heterocycles. The number of carboxylic acid groups (broad SMARTS) is 1. The molecular formula is C10H15NO3. The Hall–Kier alpha value is -1.29. The molecule has 4 heteroatoms. The van der Waals surface area contributed by atoms with E-state index in [4.69, 9.17) is 15.3 Å². The Bertz CT molecular complexity index is 306. The number of hydrogen-bond acceptors (Lipinski definition) is 3. The van der Waals surface area contributed by atoms with Crippen LogP contribution in [0.25, 0.3) is 0 Å². The number of carboxylic acids is 1. The van der Waals surface area contributed by atoms with Gasteiger partial charge in [-0.1, -0.05) is 19.8 Å². The second kappa shape index (κ2) is 4.81. The molecule has 1 rings (SSSR count). The van der Waals surface area contributed by atoms with Gasteiger partial charge in [0.1, 0.15) is 5.76 Å². The first-order valence-corrected chi connectivity index (χ1v) is 4.73. The van der Waals surface area contributed by atoms with Gasteiger partial charge in [-0.3, -0.25) is 0 Å². The van der Waals surface area contributed by atoms with E-state index >= 15 is 0 Å². The number of unbranched alkanes of at least 4 members (excludes halogenated alkanes) is 1. The van der Waals surface area contributed by atoms with Crippen LogP contribution >= 0.6 is 0 Å². The molecule has 78 valence electrons. The maximum Gasteiger partial charge on any atom is 0.371 e. The standard InChI is InChI=1S/C10H15NO3/c1-2-3-4-7(11)8-5-6-9(14-8)10(12)13/h5-7H,2-4,11H2,1H3,(H,12,13)/t7-/m1/s1. The Labute approximate surface area is 82.7 Å². The van der Waals surface area contributed by atoms with Gasteiger partial charge in [-0.2, -0.15) is 0 Å². The van der Waals surface area contributed by atoms with E-state index in [9.17, 15) is 4.79 Å². The molecule has 0 bridgehead atoms. The van der Waals surface area contributed by atoms with E-state index in [2.05, 4.69) is 6.92 Å². The Morgan fingerprint density at radius 1 is 1.64 bits per heavy atom. The minimum atomic E-state index is -1.06. The molecule has 0 fully saturated rings. The van der Waals surface area contributed by atoms with Gasteiger partial charge in [0.15, 0.2) is 0 Å². The van der Waals surface area contributed by atoms with Crippen molar-refractivity contribution in [3.05, 3.63) is 23.7 Å². The third-order valence-corrected chi connectivity index (χ3v) is 2.07. The zero-order chi connectivity index (χ0) is 10.6. The first-order chi connectivity index (χ1) is 6.65. The van der Waals surface area contributed by atoms with E-state index in [0.717, 1.165) is 19.3 Å². The van der Waals surface area contributed by atoms with Gasteiger partial charge < -0.3 is 15.3 Å². The topological polar surface area (TPSA) is 76.5 Å². The van der Waals surface area contributed by atoms with E-state index in [1.165, 1.54) is 6.07 Å². The SMILES string of the molecule is CCCC[C@@H](N)c1ccc(C(=O)O)o1. The highest BCUT2D eigenvalue weighted by Crippen LogP contribution is 2.19. The predicted molar refractivity (Wildman–Crippen MR) is 52.1 cm³/mol. The van der Waals surface area contributed by atoms with Crippen molar-refractivity contribution in [1.82, 2.24) is 0 Å². The highest BCUT2D eigenvalue weighted by molar-refractivity contribution is 5.84. The molecule has 3 N–H and O–H groups in total. The Morgan fingerprint density at radius 3 is 2.86 bits per heavy atom. The van der Waals surface area contributed by atoms with Crippen LogP contribution in [-0.4, -0.2) is 11.1 Å². The Balaban J connectivity index is 2.61. The molecule has 1 heterocycles. The Kier molecular flexibility index (Phi) is 3.71. The molecule has 4 nitrogen and oxygen atoms in total. The molecule has 0 radical (unpaired) electrons. The summed E-state index contributed by atoms with van der Waals surface area (Å²) in [6.45, 7) is 2.08. The smallest absolute Gasteiger partial charge is 0.371 e. The van der Waals surface area contributed by atoms with E-state index in [1.54, 1.807) is 6.07 Å². The zero-order valence-corrected chi connectivity index (χ0v) is 8.19. The quantitative estimate of drug-likeness (QED) is 0.758. The molecule has 14 heavy (non-hydrogen) atoms. The monoisotopic (exact) mass is 197 g/mol. The fraction of sp³-hybridized carbons (Fsp3) is 0.500. The molecular weight excluding hydrogens is 182 g/mol. The second-order valence-electron chi connectivity index (χ2n) is 3.26. The summed E-state index contributed by atoms with van der Waals surface area (Å²) < 4.78 is 5.08. The number of nitrogens with two attached hydrogens (primary N) is 1. The summed E-state index contributed by atoms with van der Waals surface area (Å²) in [5.74, 6) is -0.554. The number of rotatable bonds is 5. The molecule has 0 spiro atoms. The van der Waals surface area contributed by atoms with Gasteiger partial charge in [0.05, 0.1) is 6.04 Å². The lowest BCUT2D eigenvalue weighted by Crippen LogP contribution is -2.08. The van der Waals surface area contributed by atoms with Crippen LogP contribution in [-0.2, 0) is 0 Å². The lowest BCUT2D eigenvalue weighted by Gasteiger charge is -2.06. The lowest BCUT2D eigenvalue weighted by atomic mass is 10.1. The molecule has 0 amide bonds. The number of aromatic carboxylic acids is 1. The normalized spacial score (nSPS) is 12.7. The average molecular weight is 197 g/mol. The zero-order valence-electron chi connectivity index (χ0n) is 8.19. The third kappa shape index (κ3) is 2.60. The van der Waals surface area contributed by atoms with E-state index in [-0.39, 0.29) is 11.8 Å². The van der Waals surface area contributed by atoms with Gasteiger partial charge in [-0.25, -0.2) is 4.79 Å². The van der Waals surface area contributed by atoms with E-state index in [1.807, 2.05) is 0 Å². The van der Waals surface area contributed by atoms with Gasteiger partial charge in [-0.05, 0) is 18.6 Å². The summed E-state index contributed by atoms with van der Waals surface area (Å²) in [4.78, 5) is 10.5. The van der Waals surface area contributed by atoms with Crippen LogP contribution < -0.4 is 5.73 Å². The summed E-state index contributed by atoms with van der Waals surface area (Å²) in [5, 5.41) is 8.62. The minimum Gasteiger partial charge on any atom is -0.475 e. The van der Waals surface area contributed by atoms with Crippen molar-refractivity contribution in [3.63, 3.8) is 0 Å². The van der Waals surface area contributed by atoms with Crippen LogP contribution in [0.4, 0.5) is 0 Å². The molecule has 0 aromatic carbocycles. The van der Waals surface area contributed by atoms with Crippen molar-refractivity contribution >= 4 is 5.97 Å². The maximum atomic E-state index is 10.5.